The van der Waals surface area contributed by atoms with Crippen LogP contribution in [0.1, 0.15) is 17.3 Å². The molecule has 29 heavy (non-hydrogen) atoms. The fourth-order valence-electron chi connectivity index (χ4n) is 3.02. The first-order chi connectivity index (χ1) is 13.9. The van der Waals surface area contributed by atoms with E-state index in [2.05, 4.69) is 11.9 Å². The molecule has 10 heteroatoms. The molecule has 0 bridgehead atoms. The lowest BCUT2D eigenvalue weighted by molar-refractivity contribution is -0.385. The summed E-state index contributed by atoms with van der Waals surface area (Å²) in [5.74, 6) is -0.0858. The molecule has 0 aromatic heterocycles. The molecule has 0 atom stereocenters. The molecule has 1 aromatic carbocycles. The van der Waals surface area contributed by atoms with Gasteiger partial charge in [-0.3, -0.25) is 24.6 Å². The molecular formula is C19H26N4O6. The molecule has 0 spiro atoms. The maximum atomic E-state index is 12.9. The second-order valence-electron chi connectivity index (χ2n) is 6.37. The molecule has 2 rings (SSSR count). The Morgan fingerprint density at radius 2 is 1.97 bits per heavy atom. The molecule has 1 saturated heterocycles. The second kappa shape index (κ2) is 10.4. The number of methoxy groups -OCH3 is 1. The van der Waals surface area contributed by atoms with Gasteiger partial charge in [0, 0.05) is 38.8 Å². The summed E-state index contributed by atoms with van der Waals surface area (Å²) in [7, 11) is 1.41. The molecule has 10 nitrogen and oxygen atoms in total. The Morgan fingerprint density at radius 1 is 1.28 bits per heavy atom. The Labute approximate surface area is 169 Å². The van der Waals surface area contributed by atoms with Crippen LogP contribution < -0.4 is 14.8 Å². The fourth-order valence-corrected chi connectivity index (χ4v) is 3.02. The minimum Gasteiger partial charge on any atom is -0.493 e. The third-order valence-corrected chi connectivity index (χ3v) is 4.48. The van der Waals surface area contributed by atoms with Crippen LogP contribution in [0.4, 0.5) is 5.69 Å². The minimum absolute atomic E-state index is 0.0486. The SMILES string of the molecule is C=CCNC(=O)CN1CCN(C(=O)c2cc(OC)c(OCC)cc2[N+](=O)[O-])CC1. The smallest absolute Gasteiger partial charge is 0.286 e. The molecule has 1 fully saturated rings. The van der Waals surface area contributed by atoms with Crippen molar-refractivity contribution in [2.24, 2.45) is 0 Å². The number of nitrogens with one attached hydrogen (secondary N) is 1. The number of rotatable bonds is 9. The number of piperazine rings is 1. The van der Waals surface area contributed by atoms with Crippen LogP contribution in [0.5, 0.6) is 11.5 Å². The van der Waals surface area contributed by atoms with Gasteiger partial charge < -0.3 is 19.7 Å². The number of amides is 2. The third kappa shape index (κ3) is 5.67. The highest BCUT2D eigenvalue weighted by molar-refractivity contribution is 5.99. The predicted molar refractivity (Wildman–Crippen MR) is 106 cm³/mol. The lowest BCUT2D eigenvalue weighted by Crippen LogP contribution is -2.51. The molecule has 158 valence electrons. The average molecular weight is 406 g/mol. The Hall–Kier alpha value is -3.14. The summed E-state index contributed by atoms with van der Waals surface area (Å²) < 4.78 is 10.6. The predicted octanol–water partition coefficient (Wildman–Crippen LogP) is 1.06. The summed E-state index contributed by atoms with van der Waals surface area (Å²) in [6, 6.07) is 2.57. The van der Waals surface area contributed by atoms with Gasteiger partial charge in [0.15, 0.2) is 11.5 Å². The largest absolute Gasteiger partial charge is 0.493 e. The first-order valence-corrected chi connectivity index (χ1v) is 9.29. The molecular weight excluding hydrogens is 380 g/mol. The average Bonchev–Trinajstić information content (AvgIpc) is 2.72. The van der Waals surface area contributed by atoms with Crippen LogP contribution in [-0.4, -0.2) is 79.5 Å². The summed E-state index contributed by atoms with van der Waals surface area (Å²) >= 11 is 0. The van der Waals surface area contributed by atoms with Crippen molar-refractivity contribution in [1.29, 1.82) is 0 Å². The Kier molecular flexibility index (Phi) is 7.96. The van der Waals surface area contributed by atoms with Gasteiger partial charge in [-0.25, -0.2) is 0 Å². The van der Waals surface area contributed by atoms with Crippen molar-refractivity contribution in [3.05, 3.63) is 40.5 Å². The number of nitro groups is 1. The van der Waals surface area contributed by atoms with Crippen molar-refractivity contribution in [2.75, 3.05) is 53.0 Å². The highest BCUT2D eigenvalue weighted by atomic mass is 16.6. The number of carbonyl (C=O) groups excluding carboxylic acids is 2. The van der Waals surface area contributed by atoms with E-state index in [9.17, 15) is 19.7 Å². The number of hydrogen-bond donors (Lipinski definition) is 1. The van der Waals surface area contributed by atoms with Crippen LogP contribution in [-0.2, 0) is 4.79 Å². The lowest BCUT2D eigenvalue weighted by Gasteiger charge is -2.34. The van der Waals surface area contributed by atoms with Crippen molar-refractivity contribution in [3.63, 3.8) is 0 Å². The highest BCUT2D eigenvalue weighted by Gasteiger charge is 2.30. The van der Waals surface area contributed by atoms with Crippen molar-refractivity contribution >= 4 is 17.5 Å². The molecule has 0 radical (unpaired) electrons. The molecule has 1 aromatic rings. The summed E-state index contributed by atoms with van der Waals surface area (Å²) in [5.41, 5.74) is -0.377. The molecule has 1 aliphatic rings. The van der Waals surface area contributed by atoms with E-state index in [1.807, 2.05) is 4.90 Å². The van der Waals surface area contributed by atoms with Crippen molar-refractivity contribution in [2.45, 2.75) is 6.92 Å². The highest BCUT2D eigenvalue weighted by Crippen LogP contribution is 2.35. The van der Waals surface area contributed by atoms with E-state index in [1.54, 1.807) is 17.9 Å². The van der Waals surface area contributed by atoms with Gasteiger partial charge in [0.2, 0.25) is 5.91 Å². The minimum atomic E-state index is -0.602. The molecule has 1 heterocycles. The molecule has 1 N–H and O–H groups in total. The molecule has 1 aliphatic heterocycles. The quantitative estimate of drug-likeness (QED) is 0.370. The third-order valence-electron chi connectivity index (χ3n) is 4.48. The maximum absolute atomic E-state index is 12.9. The molecule has 2 amide bonds. The van der Waals surface area contributed by atoms with Crippen molar-refractivity contribution in [3.8, 4) is 11.5 Å². The van der Waals surface area contributed by atoms with E-state index < -0.39 is 10.8 Å². The van der Waals surface area contributed by atoms with E-state index in [0.717, 1.165) is 0 Å². The summed E-state index contributed by atoms with van der Waals surface area (Å²) in [6.45, 7) is 7.95. The van der Waals surface area contributed by atoms with Crippen LogP contribution in [0.3, 0.4) is 0 Å². The Balaban J connectivity index is 2.11. The van der Waals surface area contributed by atoms with Crippen LogP contribution in [0, 0.1) is 10.1 Å². The number of carbonyl (C=O) groups is 2. The number of nitrogens with zero attached hydrogens (tertiary/aromatic N) is 3. The normalized spacial score (nSPS) is 14.2. The van der Waals surface area contributed by atoms with E-state index in [0.29, 0.717) is 39.3 Å². The Morgan fingerprint density at radius 3 is 2.52 bits per heavy atom. The van der Waals surface area contributed by atoms with Gasteiger partial charge in [0.05, 0.1) is 31.3 Å². The zero-order valence-corrected chi connectivity index (χ0v) is 16.7. The molecule has 0 unspecified atom stereocenters. The topological polar surface area (TPSA) is 114 Å². The monoisotopic (exact) mass is 406 g/mol. The number of benzene rings is 1. The number of hydrogen-bond acceptors (Lipinski definition) is 7. The molecule has 0 saturated carbocycles. The van der Waals surface area contributed by atoms with E-state index in [4.69, 9.17) is 9.47 Å². The van der Waals surface area contributed by atoms with Crippen LogP contribution in [0.25, 0.3) is 0 Å². The van der Waals surface area contributed by atoms with E-state index in [-0.39, 0.29) is 35.2 Å². The van der Waals surface area contributed by atoms with Crippen molar-refractivity contribution in [1.82, 2.24) is 15.1 Å². The van der Waals surface area contributed by atoms with Gasteiger partial charge in [-0.05, 0) is 6.92 Å². The van der Waals surface area contributed by atoms with Crippen LogP contribution in [0.15, 0.2) is 24.8 Å². The van der Waals surface area contributed by atoms with Crippen LogP contribution >= 0.6 is 0 Å². The van der Waals surface area contributed by atoms with E-state index in [1.165, 1.54) is 19.2 Å². The molecule has 0 aliphatic carbocycles. The summed E-state index contributed by atoms with van der Waals surface area (Å²) in [6.07, 6.45) is 1.60. The van der Waals surface area contributed by atoms with Gasteiger partial charge in [-0.2, -0.15) is 0 Å². The number of ether oxygens (including phenoxy) is 2. The zero-order valence-electron chi connectivity index (χ0n) is 16.7. The van der Waals surface area contributed by atoms with Crippen LogP contribution in [0.2, 0.25) is 0 Å². The van der Waals surface area contributed by atoms with Crippen molar-refractivity contribution < 1.29 is 24.0 Å². The van der Waals surface area contributed by atoms with Gasteiger partial charge in [-0.1, -0.05) is 6.08 Å². The standard InChI is InChI=1S/C19H26N4O6/c1-4-6-20-18(24)13-21-7-9-22(10-8-21)19(25)14-11-16(28-3)17(29-5-2)12-15(14)23(26)27/h4,11-12H,1,5-10,13H2,2-3H3,(H,20,24). The first kappa shape index (κ1) is 22.2. The maximum Gasteiger partial charge on any atom is 0.286 e. The summed E-state index contributed by atoms with van der Waals surface area (Å²) in [5, 5.41) is 14.2. The first-order valence-electron chi connectivity index (χ1n) is 9.29. The second-order valence-corrected chi connectivity index (χ2v) is 6.37. The number of nitro benzene ring substituents is 1. The van der Waals surface area contributed by atoms with Gasteiger partial charge in [-0.15, -0.1) is 6.58 Å². The zero-order chi connectivity index (χ0) is 21.4. The van der Waals surface area contributed by atoms with E-state index >= 15 is 0 Å². The van der Waals surface area contributed by atoms with Gasteiger partial charge >= 0.3 is 0 Å². The summed E-state index contributed by atoms with van der Waals surface area (Å²) in [4.78, 5) is 39.1. The fraction of sp³-hybridized carbons (Fsp3) is 0.474. The van der Waals surface area contributed by atoms with Gasteiger partial charge in [0.1, 0.15) is 5.56 Å². The van der Waals surface area contributed by atoms with Gasteiger partial charge in [0.25, 0.3) is 11.6 Å². The Bertz CT molecular complexity index is 774. The lowest BCUT2D eigenvalue weighted by atomic mass is 10.1.